The summed E-state index contributed by atoms with van der Waals surface area (Å²) in [5.41, 5.74) is 1.56. The lowest BCUT2D eigenvalue weighted by atomic mass is 10.2. The van der Waals surface area contributed by atoms with Crippen molar-refractivity contribution in [2.75, 3.05) is 6.61 Å². The van der Waals surface area contributed by atoms with Crippen LogP contribution in [0.15, 0.2) is 46.9 Å². The van der Waals surface area contributed by atoms with E-state index < -0.39 is 0 Å². The van der Waals surface area contributed by atoms with E-state index in [4.69, 9.17) is 32.4 Å². The number of carbonyl (C=O) groups excluding carboxylic acids is 1. The summed E-state index contributed by atoms with van der Waals surface area (Å²) in [4.78, 5) is 14.5. The monoisotopic (exact) mass is 431 g/mol. The lowest BCUT2D eigenvalue weighted by Crippen LogP contribution is -2.36. The Morgan fingerprint density at radius 3 is 2.69 bits per heavy atom. The van der Waals surface area contributed by atoms with E-state index in [2.05, 4.69) is 10.2 Å². The van der Waals surface area contributed by atoms with Crippen LogP contribution in [-0.4, -0.2) is 33.7 Å². The van der Waals surface area contributed by atoms with Crippen LogP contribution in [0.25, 0.3) is 11.5 Å². The Balaban J connectivity index is 1.42. The van der Waals surface area contributed by atoms with Crippen LogP contribution in [0.3, 0.4) is 0 Å². The molecule has 150 valence electrons. The molecule has 2 aromatic carbocycles. The normalized spacial score (nSPS) is 13.3. The number of hydrogen-bond donors (Lipinski definition) is 0. The van der Waals surface area contributed by atoms with Crippen LogP contribution in [0.2, 0.25) is 10.0 Å². The summed E-state index contributed by atoms with van der Waals surface area (Å²) in [5, 5.41) is 9.34. The molecule has 0 bridgehead atoms. The van der Waals surface area contributed by atoms with Gasteiger partial charge in [0, 0.05) is 11.1 Å². The molecule has 1 aliphatic carbocycles. The Labute approximate surface area is 178 Å². The zero-order valence-electron chi connectivity index (χ0n) is 15.8. The highest BCUT2D eigenvalue weighted by molar-refractivity contribution is 6.33. The van der Waals surface area contributed by atoms with Crippen LogP contribution < -0.4 is 4.74 Å². The second kappa shape index (κ2) is 8.43. The zero-order chi connectivity index (χ0) is 20.4. The van der Waals surface area contributed by atoms with Gasteiger partial charge in [0.05, 0.1) is 17.1 Å². The molecular formula is C21H19Cl2N3O3. The van der Waals surface area contributed by atoms with Crippen LogP contribution in [-0.2, 0) is 11.3 Å². The first-order valence-electron chi connectivity index (χ1n) is 9.27. The molecule has 0 spiro atoms. The Kier molecular flexibility index (Phi) is 5.74. The van der Waals surface area contributed by atoms with Gasteiger partial charge in [0.25, 0.3) is 5.91 Å². The summed E-state index contributed by atoms with van der Waals surface area (Å²) >= 11 is 12.2. The SMILES string of the molecule is Cc1cc(OCC(=O)N(Cc2nnc(-c3ccccc3Cl)o2)C2CC2)ccc1Cl. The predicted molar refractivity (Wildman–Crippen MR) is 110 cm³/mol. The summed E-state index contributed by atoms with van der Waals surface area (Å²) in [7, 11) is 0. The van der Waals surface area contributed by atoms with Gasteiger partial charge in [-0.15, -0.1) is 10.2 Å². The zero-order valence-corrected chi connectivity index (χ0v) is 17.3. The van der Waals surface area contributed by atoms with Gasteiger partial charge in [0.15, 0.2) is 6.61 Å². The first-order valence-corrected chi connectivity index (χ1v) is 10.0. The first-order chi connectivity index (χ1) is 14.0. The van der Waals surface area contributed by atoms with E-state index in [0.717, 1.165) is 18.4 Å². The fraction of sp³-hybridized carbons (Fsp3) is 0.286. The van der Waals surface area contributed by atoms with E-state index >= 15 is 0 Å². The molecule has 0 atom stereocenters. The molecule has 0 saturated heterocycles. The van der Waals surface area contributed by atoms with Crippen molar-refractivity contribution >= 4 is 29.1 Å². The van der Waals surface area contributed by atoms with E-state index in [1.54, 1.807) is 23.1 Å². The molecule has 1 saturated carbocycles. The maximum absolute atomic E-state index is 12.7. The topological polar surface area (TPSA) is 68.5 Å². The van der Waals surface area contributed by atoms with Crippen molar-refractivity contribution in [1.29, 1.82) is 0 Å². The molecule has 0 radical (unpaired) electrons. The molecular weight excluding hydrogens is 413 g/mol. The Morgan fingerprint density at radius 2 is 1.97 bits per heavy atom. The number of ether oxygens (including phenoxy) is 1. The van der Waals surface area contributed by atoms with Gasteiger partial charge in [0.2, 0.25) is 11.8 Å². The molecule has 8 heteroatoms. The van der Waals surface area contributed by atoms with Gasteiger partial charge < -0.3 is 14.1 Å². The lowest BCUT2D eigenvalue weighted by Gasteiger charge is -2.20. The maximum Gasteiger partial charge on any atom is 0.261 e. The first kappa shape index (κ1) is 19.7. The smallest absolute Gasteiger partial charge is 0.261 e. The Bertz CT molecular complexity index is 1030. The van der Waals surface area contributed by atoms with Gasteiger partial charge in [-0.2, -0.15) is 0 Å². The highest BCUT2D eigenvalue weighted by Gasteiger charge is 2.34. The van der Waals surface area contributed by atoms with Crippen molar-refractivity contribution in [2.45, 2.75) is 32.4 Å². The number of nitrogens with zero attached hydrogens (tertiary/aromatic N) is 3. The third kappa shape index (κ3) is 4.71. The van der Waals surface area contributed by atoms with E-state index in [0.29, 0.717) is 33.1 Å². The number of carbonyl (C=O) groups is 1. The van der Waals surface area contributed by atoms with Crippen LogP contribution in [0, 0.1) is 6.92 Å². The molecule has 0 unspecified atom stereocenters. The standard InChI is InChI=1S/C21H19Cl2N3O3/c1-13-10-15(8-9-17(13)22)28-12-20(27)26(14-6-7-14)11-19-24-25-21(29-19)16-4-2-3-5-18(16)23/h2-5,8-10,14H,6-7,11-12H2,1H3. The molecule has 3 aromatic rings. The Morgan fingerprint density at radius 1 is 1.17 bits per heavy atom. The molecule has 0 N–H and O–H groups in total. The minimum Gasteiger partial charge on any atom is -0.484 e. The largest absolute Gasteiger partial charge is 0.484 e. The van der Waals surface area contributed by atoms with E-state index in [1.165, 1.54) is 0 Å². The van der Waals surface area contributed by atoms with Gasteiger partial charge in [0.1, 0.15) is 5.75 Å². The third-order valence-corrected chi connectivity index (χ3v) is 5.43. The highest BCUT2D eigenvalue weighted by atomic mass is 35.5. The van der Waals surface area contributed by atoms with Gasteiger partial charge >= 0.3 is 0 Å². The predicted octanol–water partition coefficient (Wildman–Crippen LogP) is 4.92. The van der Waals surface area contributed by atoms with Gasteiger partial charge in [-0.3, -0.25) is 4.79 Å². The highest BCUT2D eigenvalue weighted by Crippen LogP contribution is 2.30. The molecule has 1 heterocycles. The number of halogens is 2. The minimum absolute atomic E-state index is 0.0664. The minimum atomic E-state index is -0.127. The molecule has 1 aromatic heterocycles. The van der Waals surface area contributed by atoms with Crippen molar-refractivity contribution in [3.05, 3.63) is 64.0 Å². The van der Waals surface area contributed by atoms with Crippen LogP contribution in [0.4, 0.5) is 0 Å². The molecule has 4 rings (SSSR count). The number of benzene rings is 2. The van der Waals surface area contributed by atoms with Crippen molar-refractivity contribution in [1.82, 2.24) is 15.1 Å². The molecule has 1 aliphatic rings. The molecule has 29 heavy (non-hydrogen) atoms. The summed E-state index contributed by atoms with van der Waals surface area (Å²) in [6, 6.07) is 12.7. The number of aryl methyl sites for hydroxylation is 1. The Hall–Kier alpha value is -2.57. The van der Waals surface area contributed by atoms with Gasteiger partial charge in [-0.05, 0) is 55.7 Å². The fourth-order valence-corrected chi connectivity index (χ4v) is 3.28. The number of aromatic nitrogens is 2. The fourth-order valence-electron chi connectivity index (χ4n) is 2.95. The second-order valence-corrected chi connectivity index (χ2v) is 7.75. The quantitative estimate of drug-likeness (QED) is 0.530. The van der Waals surface area contributed by atoms with Crippen molar-refractivity contribution < 1.29 is 13.9 Å². The average molecular weight is 432 g/mol. The van der Waals surface area contributed by atoms with Crippen LogP contribution >= 0.6 is 23.2 Å². The molecule has 1 fully saturated rings. The summed E-state index contributed by atoms with van der Waals surface area (Å²) in [6.07, 6.45) is 1.91. The van der Waals surface area contributed by atoms with E-state index in [1.807, 2.05) is 31.2 Å². The van der Waals surface area contributed by atoms with Crippen LogP contribution in [0.5, 0.6) is 5.75 Å². The van der Waals surface area contributed by atoms with Crippen LogP contribution in [0.1, 0.15) is 24.3 Å². The van der Waals surface area contributed by atoms with E-state index in [-0.39, 0.29) is 25.1 Å². The number of hydrogen-bond acceptors (Lipinski definition) is 5. The van der Waals surface area contributed by atoms with Crippen molar-refractivity contribution in [3.63, 3.8) is 0 Å². The number of amides is 1. The van der Waals surface area contributed by atoms with Gasteiger partial charge in [-0.25, -0.2) is 0 Å². The lowest BCUT2D eigenvalue weighted by molar-refractivity contribution is -0.134. The maximum atomic E-state index is 12.7. The second-order valence-electron chi connectivity index (χ2n) is 6.93. The summed E-state index contributed by atoms with van der Waals surface area (Å²) < 4.78 is 11.4. The molecule has 1 amide bonds. The van der Waals surface area contributed by atoms with Gasteiger partial charge in [-0.1, -0.05) is 35.3 Å². The average Bonchev–Trinajstić information content (AvgIpc) is 3.45. The molecule has 6 nitrogen and oxygen atoms in total. The van der Waals surface area contributed by atoms with Crippen molar-refractivity contribution in [2.24, 2.45) is 0 Å². The van der Waals surface area contributed by atoms with Crippen molar-refractivity contribution in [3.8, 4) is 17.2 Å². The van der Waals surface area contributed by atoms with E-state index in [9.17, 15) is 4.79 Å². The summed E-state index contributed by atoms with van der Waals surface area (Å²) in [6.45, 7) is 2.06. The summed E-state index contributed by atoms with van der Waals surface area (Å²) in [5.74, 6) is 1.18. The third-order valence-electron chi connectivity index (χ3n) is 4.68. The molecule has 0 aliphatic heterocycles. The number of rotatable bonds is 7.